The highest BCUT2D eigenvalue weighted by Crippen LogP contribution is 2.28. The number of rotatable bonds is 5. The monoisotopic (exact) mass is 358 g/mol. The lowest BCUT2D eigenvalue weighted by molar-refractivity contribution is 0.153. The van der Waals surface area contributed by atoms with Gasteiger partial charge in [0, 0.05) is 7.05 Å². The molecule has 3 rings (SSSR count). The number of ether oxygens (including phenoxy) is 1. The number of hydrogen-bond acceptors (Lipinski definition) is 6. The Morgan fingerprint density at radius 3 is 3.00 bits per heavy atom. The first-order valence-electron chi connectivity index (χ1n) is 8.45. The molecular formula is C17H22N6O3. The minimum absolute atomic E-state index is 0.105. The van der Waals surface area contributed by atoms with Crippen LogP contribution in [-0.2, 0) is 18.3 Å². The molecule has 0 aromatic carbocycles. The van der Waals surface area contributed by atoms with Gasteiger partial charge in [-0.1, -0.05) is 23.4 Å². The summed E-state index contributed by atoms with van der Waals surface area (Å²) < 4.78 is 7.64. The van der Waals surface area contributed by atoms with Crippen molar-refractivity contribution >= 4 is 11.7 Å². The predicted octanol–water partition coefficient (Wildman–Crippen LogP) is 1.35. The van der Waals surface area contributed by atoms with Crippen LogP contribution in [0.5, 0.6) is 0 Å². The van der Waals surface area contributed by atoms with Crippen molar-refractivity contribution in [3.8, 4) is 0 Å². The van der Waals surface area contributed by atoms with Crippen molar-refractivity contribution in [1.29, 1.82) is 0 Å². The fourth-order valence-electron chi connectivity index (χ4n) is 2.89. The average Bonchev–Trinajstić information content (AvgIpc) is 3.05. The summed E-state index contributed by atoms with van der Waals surface area (Å²) in [4.78, 5) is 27.9. The summed E-state index contributed by atoms with van der Waals surface area (Å²) in [6, 6.07) is 0. The fraction of sp³-hybridized carbons (Fsp3) is 0.471. The number of allylic oxidation sites excluding steroid dienone is 2. The summed E-state index contributed by atoms with van der Waals surface area (Å²) in [5, 5.41) is 10.3. The van der Waals surface area contributed by atoms with Gasteiger partial charge in [-0.05, 0) is 37.7 Å². The standard InChI is InChI=1S/C17H22N6O3/c1-11(2)13-6-4-12(5-7-13)9-26-16(24)18-8-14-15-20-21-22(3)17(25)23(15)10-19-14/h4,10,13H,1,5-9H2,2-3H3,(H,18,24). The Morgan fingerprint density at radius 2 is 2.31 bits per heavy atom. The zero-order chi connectivity index (χ0) is 18.7. The Bertz CT molecular complexity index is 926. The van der Waals surface area contributed by atoms with Crippen LogP contribution in [0.15, 0.2) is 34.9 Å². The molecule has 1 N–H and O–H groups in total. The molecule has 26 heavy (non-hydrogen) atoms. The maximum atomic E-state index is 11.9. The van der Waals surface area contributed by atoms with Crippen molar-refractivity contribution in [2.24, 2.45) is 13.0 Å². The largest absolute Gasteiger partial charge is 0.445 e. The second kappa shape index (κ2) is 7.51. The third-order valence-electron chi connectivity index (χ3n) is 4.56. The first-order chi connectivity index (χ1) is 12.5. The van der Waals surface area contributed by atoms with Gasteiger partial charge < -0.3 is 10.1 Å². The molecule has 1 unspecified atom stereocenters. The van der Waals surface area contributed by atoms with Crippen molar-refractivity contribution in [2.45, 2.75) is 32.7 Å². The normalized spacial score (nSPS) is 17.0. The Kier molecular flexibility index (Phi) is 5.15. The Balaban J connectivity index is 1.51. The summed E-state index contributed by atoms with van der Waals surface area (Å²) >= 11 is 0. The number of hydrogen-bond donors (Lipinski definition) is 1. The average molecular weight is 358 g/mol. The molecule has 9 nitrogen and oxygen atoms in total. The third kappa shape index (κ3) is 3.81. The maximum Gasteiger partial charge on any atom is 0.407 e. The second-order valence-electron chi connectivity index (χ2n) is 6.49. The van der Waals surface area contributed by atoms with E-state index in [1.54, 1.807) is 0 Å². The summed E-state index contributed by atoms with van der Waals surface area (Å²) in [5.74, 6) is 0.524. The number of fused-ring (bicyclic) bond motifs is 1. The zero-order valence-electron chi connectivity index (χ0n) is 14.9. The number of nitrogens with zero attached hydrogens (tertiary/aromatic N) is 5. The second-order valence-corrected chi connectivity index (χ2v) is 6.49. The molecule has 0 bridgehead atoms. The molecule has 1 amide bonds. The highest BCUT2D eigenvalue weighted by Gasteiger charge is 2.16. The van der Waals surface area contributed by atoms with E-state index in [-0.39, 0.29) is 18.8 Å². The molecule has 138 valence electrons. The summed E-state index contributed by atoms with van der Waals surface area (Å²) in [6.07, 6.45) is 5.86. The SMILES string of the molecule is C=C(C)C1CC=C(COC(=O)NCc2ncn3c(=O)n(C)nnc23)CC1. The van der Waals surface area contributed by atoms with Gasteiger partial charge >= 0.3 is 11.8 Å². The molecule has 0 saturated heterocycles. The summed E-state index contributed by atoms with van der Waals surface area (Å²) in [5.41, 5.74) is 2.74. The maximum absolute atomic E-state index is 11.9. The number of carbonyl (C=O) groups is 1. The third-order valence-corrected chi connectivity index (χ3v) is 4.56. The predicted molar refractivity (Wildman–Crippen MR) is 94.4 cm³/mol. The van der Waals surface area contributed by atoms with E-state index in [4.69, 9.17) is 4.74 Å². The molecule has 1 aliphatic carbocycles. The van der Waals surface area contributed by atoms with Crippen LogP contribution in [-0.4, -0.2) is 37.1 Å². The van der Waals surface area contributed by atoms with Crippen molar-refractivity contribution in [3.63, 3.8) is 0 Å². The number of imidazole rings is 1. The van der Waals surface area contributed by atoms with Crippen molar-refractivity contribution in [2.75, 3.05) is 6.61 Å². The molecule has 0 fully saturated rings. The van der Waals surface area contributed by atoms with Crippen LogP contribution >= 0.6 is 0 Å². The zero-order valence-corrected chi connectivity index (χ0v) is 14.9. The van der Waals surface area contributed by atoms with Crippen molar-refractivity contribution in [1.82, 2.24) is 29.7 Å². The van der Waals surface area contributed by atoms with Gasteiger partial charge in [0.15, 0.2) is 5.65 Å². The minimum Gasteiger partial charge on any atom is -0.445 e. The quantitative estimate of drug-likeness (QED) is 0.809. The number of nitrogens with one attached hydrogen (secondary N) is 1. The first kappa shape index (κ1) is 17.8. The molecule has 9 heteroatoms. The minimum atomic E-state index is -0.536. The van der Waals surface area contributed by atoms with E-state index in [1.807, 2.05) is 6.92 Å². The van der Waals surface area contributed by atoms with Crippen LogP contribution < -0.4 is 11.0 Å². The topological polar surface area (TPSA) is 103 Å². The van der Waals surface area contributed by atoms with Crippen LogP contribution in [0.3, 0.4) is 0 Å². The van der Waals surface area contributed by atoms with E-state index < -0.39 is 6.09 Å². The molecule has 0 aliphatic heterocycles. The number of amides is 1. The number of carbonyl (C=O) groups excluding carboxylic acids is 1. The molecule has 0 radical (unpaired) electrons. The summed E-state index contributed by atoms with van der Waals surface area (Å²) in [6.45, 7) is 6.43. The van der Waals surface area contributed by atoms with Gasteiger partial charge in [-0.2, -0.15) is 4.68 Å². The van der Waals surface area contributed by atoms with Crippen LogP contribution in [0, 0.1) is 5.92 Å². The molecule has 2 aromatic rings. The summed E-state index contributed by atoms with van der Waals surface area (Å²) in [7, 11) is 1.50. The number of alkyl carbamates (subject to hydrolysis) is 1. The van der Waals surface area contributed by atoms with E-state index >= 15 is 0 Å². The van der Waals surface area contributed by atoms with E-state index in [0.29, 0.717) is 17.3 Å². The fourth-order valence-corrected chi connectivity index (χ4v) is 2.89. The van der Waals surface area contributed by atoms with E-state index in [1.165, 1.54) is 23.3 Å². The highest BCUT2D eigenvalue weighted by atomic mass is 16.5. The van der Waals surface area contributed by atoms with Gasteiger partial charge in [0.25, 0.3) is 0 Å². The number of aromatic nitrogens is 5. The Labute approximate surface area is 150 Å². The molecule has 2 aromatic heterocycles. The van der Waals surface area contributed by atoms with E-state index in [0.717, 1.165) is 29.5 Å². The van der Waals surface area contributed by atoms with Gasteiger partial charge in [0.2, 0.25) is 0 Å². The van der Waals surface area contributed by atoms with E-state index in [9.17, 15) is 9.59 Å². The lowest BCUT2D eigenvalue weighted by Gasteiger charge is -2.21. The van der Waals surface area contributed by atoms with Gasteiger partial charge in [-0.25, -0.2) is 19.0 Å². The van der Waals surface area contributed by atoms with E-state index in [2.05, 4.69) is 33.3 Å². The van der Waals surface area contributed by atoms with Gasteiger partial charge in [0.05, 0.1) is 6.54 Å². The molecule has 1 atom stereocenters. The number of aryl methyl sites for hydroxylation is 1. The lowest BCUT2D eigenvalue weighted by Crippen LogP contribution is -2.28. The Hall–Kier alpha value is -2.97. The van der Waals surface area contributed by atoms with Crippen molar-refractivity contribution in [3.05, 3.63) is 46.3 Å². The van der Waals surface area contributed by atoms with Gasteiger partial charge in [0.1, 0.15) is 18.6 Å². The highest BCUT2D eigenvalue weighted by molar-refractivity contribution is 5.67. The molecule has 0 saturated carbocycles. The van der Waals surface area contributed by atoms with Gasteiger partial charge in [-0.15, -0.1) is 5.10 Å². The van der Waals surface area contributed by atoms with Crippen LogP contribution in [0.25, 0.3) is 5.65 Å². The first-order valence-corrected chi connectivity index (χ1v) is 8.45. The molecule has 1 aliphatic rings. The molecule has 2 heterocycles. The smallest absolute Gasteiger partial charge is 0.407 e. The molecular weight excluding hydrogens is 336 g/mol. The van der Waals surface area contributed by atoms with Crippen molar-refractivity contribution < 1.29 is 9.53 Å². The van der Waals surface area contributed by atoms with Crippen LogP contribution in [0.1, 0.15) is 31.9 Å². The Morgan fingerprint density at radius 1 is 1.50 bits per heavy atom. The van der Waals surface area contributed by atoms with Crippen LogP contribution in [0.2, 0.25) is 0 Å². The lowest BCUT2D eigenvalue weighted by atomic mass is 9.86. The van der Waals surface area contributed by atoms with Crippen LogP contribution in [0.4, 0.5) is 4.79 Å². The molecule has 0 spiro atoms. The van der Waals surface area contributed by atoms with Gasteiger partial charge in [-0.3, -0.25) is 0 Å².